The highest BCUT2D eigenvalue weighted by atomic mass is 35.5. The lowest BCUT2D eigenvalue weighted by Crippen LogP contribution is -1.89. The van der Waals surface area contributed by atoms with Gasteiger partial charge in [0.25, 0.3) is 0 Å². The number of halogens is 1. The van der Waals surface area contributed by atoms with Gasteiger partial charge < -0.3 is 0 Å². The molecule has 0 saturated carbocycles. The third-order valence-electron chi connectivity index (χ3n) is 1.74. The van der Waals surface area contributed by atoms with Crippen molar-refractivity contribution in [3.8, 4) is 0 Å². The molecule has 2 rings (SSSR count). The lowest BCUT2D eigenvalue weighted by Gasteiger charge is -1.91. The van der Waals surface area contributed by atoms with Crippen LogP contribution < -0.4 is 0 Å². The van der Waals surface area contributed by atoms with Crippen molar-refractivity contribution in [2.75, 3.05) is 0 Å². The largest absolute Gasteiger partial charge is 0.236 e. The highest BCUT2D eigenvalue weighted by Crippen LogP contribution is 2.14. The average Bonchev–Trinajstić information content (AvgIpc) is 2.44. The van der Waals surface area contributed by atoms with E-state index in [1.165, 1.54) is 4.09 Å². The summed E-state index contributed by atoms with van der Waals surface area (Å²) in [5.74, 6) is 0.852. The van der Waals surface area contributed by atoms with Gasteiger partial charge in [-0.3, -0.25) is 0 Å². The summed E-state index contributed by atoms with van der Waals surface area (Å²) >= 11 is 5.95. The predicted molar refractivity (Wildman–Crippen MR) is 48.2 cm³/mol. The second-order valence-corrected chi connectivity index (χ2v) is 2.85. The molecule has 0 fully saturated rings. The van der Waals surface area contributed by atoms with Crippen LogP contribution in [-0.2, 0) is 6.42 Å². The summed E-state index contributed by atoms with van der Waals surface area (Å²) in [4.78, 5) is 8.42. The van der Waals surface area contributed by atoms with E-state index in [9.17, 15) is 0 Å². The monoisotopic (exact) mass is 181 g/mol. The zero-order chi connectivity index (χ0) is 8.55. The number of pyridine rings is 1. The third kappa shape index (κ3) is 0.975. The van der Waals surface area contributed by atoms with Gasteiger partial charge in [-0.25, -0.2) is 14.1 Å². The topological polar surface area (TPSA) is 30.7 Å². The molecule has 0 aliphatic carbocycles. The fraction of sp³-hybridized carbons (Fsp3) is 0.250. The highest BCUT2D eigenvalue weighted by Gasteiger charge is 2.06. The van der Waals surface area contributed by atoms with Gasteiger partial charge in [0, 0.05) is 24.4 Å². The molecule has 0 atom stereocenters. The van der Waals surface area contributed by atoms with Crippen LogP contribution >= 0.6 is 11.8 Å². The Hall–Kier alpha value is -1.09. The maximum atomic E-state index is 5.95. The van der Waals surface area contributed by atoms with E-state index in [-0.39, 0.29) is 0 Å². The van der Waals surface area contributed by atoms with Gasteiger partial charge in [-0.05, 0) is 12.1 Å². The van der Waals surface area contributed by atoms with Crippen molar-refractivity contribution in [2.45, 2.75) is 13.3 Å². The number of nitrogens with zero attached hydrogens (tertiary/aromatic N) is 3. The first-order valence-electron chi connectivity index (χ1n) is 3.81. The Balaban J connectivity index is 2.78. The molecule has 0 N–H and O–H groups in total. The number of hydrogen-bond donors (Lipinski definition) is 0. The number of rotatable bonds is 1. The summed E-state index contributed by atoms with van der Waals surface area (Å²) in [6.07, 6.45) is 2.53. The van der Waals surface area contributed by atoms with Crippen molar-refractivity contribution in [3.63, 3.8) is 0 Å². The predicted octanol–water partition coefficient (Wildman–Crippen LogP) is 2.00. The van der Waals surface area contributed by atoms with E-state index in [4.69, 9.17) is 11.8 Å². The molecular weight excluding hydrogens is 174 g/mol. The van der Waals surface area contributed by atoms with Crippen molar-refractivity contribution in [1.82, 2.24) is 14.1 Å². The Labute approximate surface area is 75.1 Å². The van der Waals surface area contributed by atoms with Crippen molar-refractivity contribution < 1.29 is 0 Å². The first-order chi connectivity index (χ1) is 5.83. The standard InChI is InChI=1S/C8H8ClN3/c1-2-7-11-6-4-3-5-10-8(6)12(7)9/h3-5H,2H2,1H3. The minimum absolute atomic E-state index is 0.732. The summed E-state index contributed by atoms with van der Waals surface area (Å²) in [6.45, 7) is 2.01. The van der Waals surface area contributed by atoms with E-state index in [1.54, 1.807) is 6.20 Å². The first kappa shape index (κ1) is 7.55. The molecule has 2 aromatic heterocycles. The highest BCUT2D eigenvalue weighted by molar-refractivity contribution is 6.18. The molecule has 2 heterocycles. The molecule has 0 unspecified atom stereocenters. The van der Waals surface area contributed by atoms with Crippen molar-refractivity contribution in [1.29, 1.82) is 0 Å². The Kier molecular flexibility index (Phi) is 1.73. The van der Waals surface area contributed by atoms with Gasteiger partial charge >= 0.3 is 0 Å². The lowest BCUT2D eigenvalue weighted by molar-refractivity contribution is 0.960. The molecule has 0 aliphatic heterocycles. The molecule has 62 valence electrons. The van der Waals surface area contributed by atoms with Crippen LogP contribution in [0.2, 0.25) is 0 Å². The Morgan fingerprint density at radius 3 is 3.08 bits per heavy atom. The van der Waals surface area contributed by atoms with Gasteiger partial charge in [0.1, 0.15) is 11.3 Å². The van der Waals surface area contributed by atoms with Crippen LogP contribution in [-0.4, -0.2) is 14.1 Å². The maximum Gasteiger partial charge on any atom is 0.175 e. The number of aryl methyl sites for hydroxylation is 1. The summed E-state index contributed by atoms with van der Waals surface area (Å²) in [5.41, 5.74) is 1.58. The Morgan fingerprint density at radius 2 is 2.42 bits per heavy atom. The van der Waals surface area contributed by atoms with E-state index in [1.807, 2.05) is 19.1 Å². The van der Waals surface area contributed by atoms with Crippen LogP contribution in [0.4, 0.5) is 0 Å². The van der Waals surface area contributed by atoms with Crippen molar-refractivity contribution in [3.05, 3.63) is 24.2 Å². The van der Waals surface area contributed by atoms with E-state index < -0.39 is 0 Å². The fourth-order valence-corrected chi connectivity index (χ4v) is 1.44. The molecule has 0 spiro atoms. The van der Waals surface area contributed by atoms with Crippen molar-refractivity contribution in [2.24, 2.45) is 0 Å². The molecule has 0 saturated heterocycles. The molecule has 0 radical (unpaired) electrons. The Bertz CT molecular complexity index is 408. The summed E-state index contributed by atoms with van der Waals surface area (Å²) < 4.78 is 1.51. The van der Waals surface area contributed by atoms with E-state index >= 15 is 0 Å². The quantitative estimate of drug-likeness (QED) is 0.674. The second-order valence-electron chi connectivity index (χ2n) is 2.51. The zero-order valence-electron chi connectivity index (χ0n) is 6.66. The molecule has 12 heavy (non-hydrogen) atoms. The number of hydrogen-bond acceptors (Lipinski definition) is 2. The normalized spacial score (nSPS) is 10.8. The minimum atomic E-state index is 0.732. The van der Waals surface area contributed by atoms with Crippen LogP contribution in [0.1, 0.15) is 12.7 Å². The summed E-state index contributed by atoms with van der Waals surface area (Å²) in [5, 5.41) is 0. The van der Waals surface area contributed by atoms with Crippen LogP contribution in [0.3, 0.4) is 0 Å². The Morgan fingerprint density at radius 1 is 1.58 bits per heavy atom. The molecule has 0 bridgehead atoms. The van der Waals surface area contributed by atoms with Gasteiger partial charge in [0.05, 0.1) is 0 Å². The molecule has 0 aromatic carbocycles. The lowest BCUT2D eigenvalue weighted by atomic mass is 10.4. The maximum absolute atomic E-state index is 5.95. The van der Waals surface area contributed by atoms with Gasteiger partial charge in [0.2, 0.25) is 0 Å². The third-order valence-corrected chi connectivity index (χ3v) is 2.10. The molecule has 0 aliphatic rings. The first-order valence-corrected chi connectivity index (χ1v) is 4.15. The van der Waals surface area contributed by atoms with Gasteiger partial charge in [-0.15, -0.1) is 0 Å². The van der Waals surface area contributed by atoms with E-state index in [0.717, 1.165) is 23.4 Å². The van der Waals surface area contributed by atoms with E-state index in [2.05, 4.69) is 9.97 Å². The number of fused-ring (bicyclic) bond motifs is 1. The molecular formula is C8H8ClN3. The molecule has 3 nitrogen and oxygen atoms in total. The molecule has 2 aromatic rings. The van der Waals surface area contributed by atoms with Crippen LogP contribution in [0.15, 0.2) is 18.3 Å². The van der Waals surface area contributed by atoms with Gasteiger partial charge in [-0.2, -0.15) is 0 Å². The average molecular weight is 182 g/mol. The summed E-state index contributed by atoms with van der Waals surface area (Å²) in [6, 6.07) is 3.76. The fourth-order valence-electron chi connectivity index (χ4n) is 1.15. The smallest absolute Gasteiger partial charge is 0.175 e. The molecule has 0 amide bonds. The van der Waals surface area contributed by atoms with Crippen LogP contribution in [0, 0.1) is 0 Å². The molecule has 4 heteroatoms. The number of imidazole rings is 1. The minimum Gasteiger partial charge on any atom is -0.236 e. The van der Waals surface area contributed by atoms with E-state index in [0.29, 0.717) is 0 Å². The van der Waals surface area contributed by atoms with Crippen molar-refractivity contribution >= 4 is 22.9 Å². The van der Waals surface area contributed by atoms with Gasteiger partial charge in [-0.1, -0.05) is 6.92 Å². The second kappa shape index (κ2) is 2.75. The number of aromatic nitrogens is 3. The van der Waals surface area contributed by atoms with Crippen LogP contribution in [0.5, 0.6) is 0 Å². The summed E-state index contributed by atoms with van der Waals surface area (Å²) in [7, 11) is 0. The zero-order valence-corrected chi connectivity index (χ0v) is 7.41. The van der Waals surface area contributed by atoms with Gasteiger partial charge in [0.15, 0.2) is 5.65 Å². The SMILES string of the molecule is CCc1nc2cccnc2n1Cl. The van der Waals surface area contributed by atoms with Crippen LogP contribution in [0.25, 0.3) is 11.2 Å².